The summed E-state index contributed by atoms with van der Waals surface area (Å²) in [5.74, 6) is 1.53. The summed E-state index contributed by atoms with van der Waals surface area (Å²) in [5.41, 5.74) is 17.2. The Morgan fingerprint density at radius 1 is 0.931 bits per heavy atom. The Hall–Kier alpha value is -2.34. The van der Waals surface area contributed by atoms with Gasteiger partial charge in [0.05, 0.1) is 11.0 Å². The second-order valence-electron chi connectivity index (χ2n) is 6.94. The monoisotopic (exact) mass is 431 g/mol. The van der Waals surface area contributed by atoms with Gasteiger partial charge < -0.3 is 16.0 Å². The van der Waals surface area contributed by atoms with E-state index in [1.54, 1.807) is 0 Å². The molecule has 4 rings (SSSR count). The number of nitrogen functional groups attached to an aromatic ring is 1. The predicted molar refractivity (Wildman–Crippen MR) is 126 cm³/mol. The number of imidazole rings is 1. The van der Waals surface area contributed by atoms with Gasteiger partial charge in [-0.1, -0.05) is 55.8 Å². The molecule has 0 aliphatic carbocycles. The highest BCUT2D eigenvalue weighted by Crippen LogP contribution is 2.30. The van der Waals surface area contributed by atoms with E-state index in [1.807, 2.05) is 18.2 Å². The van der Waals surface area contributed by atoms with Crippen LogP contribution in [0.5, 0.6) is 0 Å². The van der Waals surface area contributed by atoms with Gasteiger partial charge in [0, 0.05) is 24.9 Å². The van der Waals surface area contributed by atoms with Crippen molar-refractivity contribution in [3.05, 3.63) is 65.5 Å². The van der Waals surface area contributed by atoms with Crippen LogP contribution in [-0.2, 0) is 19.5 Å². The summed E-state index contributed by atoms with van der Waals surface area (Å²) < 4.78 is 2.33. The second kappa shape index (κ2) is 9.92. The van der Waals surface area contributed by atoms with Gasteiger partial charge in [0.2, 0.25) is 0 Å². The van der Waals surface area contributed by atoms with Crippen LogP contribution in [0.1, 0.15) is 36.7 Å². The number of anilines is 1. The van der Waals surface area contributed by atoms with Crippen molar-refractivity contribution in [2.45, 2.75) is 39.3 Å². The lowest BCUT2D eigenvalue weighted by molar-refractivity contribution is 0.624. The third-order valence-electron chi connectivity index (χ3n) is 5.05. The van der Waals surface area contributed by atoms with Crippen LogP contribution in [0.2, 0.25) is 0 Å². The molecule has 0 radical (unpaired) electrons. The van der Waals surface area contributed by atoms with Crippen LogP contribution in [0.15, 0.2) is 48.5 Å². The van der Waals surface area contributed by atoms with Gasteiger partial charge in [-0.25, -0.2) is 9.97 Å². The molecule has 2 heterocycles. The van der Waals surface area contributed by atoms with Crippen molar-refractivity contribution >= 4 is 52.6 Å². The standard InChI is InChI=1S/C22H25N5.2ClH/c1-2-3-12-27-19(13-15-8-10-16(14-23)11-9-15)26-20-21(27)17-6-4-5-7-18(17)25-22(20)24;;/h4-11H,2-3,12-14,23H2,1H3,(H2,24,25);2*1H. The Morgan fingerprint density at radius 3 is 2.31 bits per heavy atom. The third-order valence-corrected chi connectivity index (χ3v) is 5.05. The Bertz CT molecular complexity index is 1090. The lowest BCUT2D eigenvalue weighted by atomic mass is 10.1. The van der Waals surface area contributed by atoms with E-state index in [4.69, 9.17) is 16.5 Å². The molecule has 0 spiro atoms. The second-order valence-corrected chi connectivity index (χ2v) is 6.94. The average molecular weight is 432 g/mol. The smallest absolute Gasteiger partial charge is 0.152 e. The number of para-hydroxylation sites is 1. The van der Waals surface area contributed by atoms with Gasteiger partial charge in [-0.05, 0) is 23.6 Å². The number of hydrogen-bond donors (Lipinski definition) is 2. The van der Waals surface area contributed by atoms with E-state index < -0.39 is 0 Å². The minimum absolute atomic E-state index is 0. The van der Waals surface area contributed by atoms with E-state index in [1.165, 1.54) is 5.56 Å². The molecule has 0 amide bonds. The molecular formula is C22H27Cl2N5. The largest absolute Gasteiger partial charge is 0.382 e. The maximum atomic E-state index is 6.26. The number of benzene rings is 2. The number of halogens is 2. The van der Waals surface area contributed by atoms with Crippen LogP contribution in [0.3, 0.4) is 0 Å². The number of nitrogens with zero attached hydrogens (tertiary/aromatic N) is 3. The summed E-state index contributed by atoms with van der Waals surface area (Å²) in [5, 5.41) is 1.11. The molecule has 0 fully saturated rings. The lowest BCUT2D eigenvalue weighted by Gasteiger charge is -2.11. The highest BCUT2D eigenvalue weighted by Gasteiger charge is 2.17. The quantitative estimate of drug-likeness (QED) is 0.456. The van der Waals surface area contributed by atoms with E-state index in [0.717, 1.165) is 59.1 Å². The number of rotatable bonds is 6. The van der Waals surface area contributed by atoms with Gasteiger partial charge in [0.25, 0.3) is 0 Å². The Morgan fingerprint density at radius 2 is 1.62 bits per heavy atom. The number of aromatic nitrogens is 3. The molecule has 4 aromatic rings. The molecule has 0 aliphatic heterocycles. The first-order valence-corrected chi connectivity index (χ1v) is 9.52. The van der Waals surface area contributed by atoms with Crippen LogP contribution in [0, 0.1) is 0 Å². The van der Waals surface area contributed by atoms with Gasteiger partial charge in [-0.2, -0.15) is 0 Å². The fraction of sp³-hybridized carbons (Fsp3) is 0.273. The highest BCUT2D eigenvalue weighted by atomic mass is 35.5. The number of aryl methyl sites for hydroxylation is 1. The summed E-state index contributed by atoms with van der Waals surface area (Å²) in [4.78, 5) is 9.46. The Kier molecular flexibility index (Phi) is 7.85. The van der Waals surface area contributed by atoms with Crippen molar-refractivity contribution in [3.8, 4) is 0 Å². The fourth-order valence-corrected chi connectivity index (χ4v) is 3.57. The summed E-state index contributed by atoms with van der Waals surface area (Å²) in [7, 11) is 0. The molecular weight excluding hydrogens is 405 g/mol. The van der Waals surface area contributed by atoms with Crippen molar-refractivity contribution in [3.63, 3.8) is 0 Å². The average Bonchev–Trinajstić information content (AvgIpc) is 3.06. The van der Waals surface area contributed by atoms with Crippen LogP contribution >= 0.6 is 24.8 Å². The minimum atomic E-state index is 0. The van der Waals surface area contributed by atoms with Crippen LogP contribution < -0.4 is 11.5 Å². The number of nitrogens with two attached hydrogens (primary N) is 2. The van der Waals surface area contributed by atoms with Gasteiger partial charge in [0.15, 0.2) is 5.82 Å². The number of pyridine rings is 1. The van der Waals surface area contributed by atoms with Crippen LogP contribution in [-0.4, -0.2) is 14.5 Å². The first-order chi connectivity index (χ1) is 13.2. The van der Waals surface area contributed by atoms with Crippen molar-refractivity contribution < 1.29 is 0 Å². The number of unbranched alkanes of at least 4 members (excludes halogenated alkanes) is 1. The zero-order valence-corrected chi connectivity index (χ0v) is 18.1. The number of fused-ring (bicyclic) bond motifs is 3. The van der Waals surface area contributed by atoms with E-state index in [0.29, 0.717) is 12.4 Å². The molecule has 0 atom stereocenters. The van der Waals surface area contributed by atoms with E-state index in [2.05, 4.69) is 46.8 Å². The molecule has 29 heavy (non-hydrogen) atoms. The molecule has 0 unspecified atom stereocenters. The lowest BCUT2D eigenvalue weighted by Crippen LogP contribution is -2.05. The fourth-order valence-electron chi connectivity index (χ4n) is 3.57. The molecule has 4 N–H and O–H groups in total. The van der Waals surface area contributed by atoms with Gasteiger partial charge in [-0.15, -0.1) is 24.8 Å². The molecule has 0 saturated heterocycles. The molecule has 0 aliphatic rings. The molecule has 2 aromatic heterocycles. The summed E-state index contributed by atoms with van der Waals surface area (Å²) in [6.07, 6.45) is 2.99. The first kappa shape index (κ1) is 22.9. The summed E-state index contributed by atoms with van der Waals surface area (Å²) in [6.45, 7) is 3.69. The predicted octanol–water partition coefficient (Wildman–Crippen LogP) is 4.86. The van der Waals surface area contributed by atoms with E-state index in [9.17, 15) is 0 Å². The van der Waals surface area contributed by atoms with E-state index >= 15 is 0 Å². The SMILES string of the molecule is CCCCn1c(Cc2ccc(CN)cc2)nc2c(N)nc3ccccc3c21.Cl.Cl. The summed E-state index contributed by atoms with van der Waals surface area (Å²) >= 11 is 0. The summed E-state index contributed by atoms with van der Waals surface area (Å²) in [6, 6.07) is 16.6. The molecule has 5 nitrogen and oxygen atoms in total. The molecule has 7 heteroatoms. The molecule has 0 bridgehead atoms. The van der Waals surface area contributed by atoms with Gasteiger partial charge in [-0.3, -0.25) is 0 Å². The maximum Gasteiger partial charge on any atom is 0.152 e. The highest BCUT2D eigenvalue weighted by molar-refractivity contribution is 6.06. The zero-order valence-electron chi connectivity index (χ0n) is 16.5. The minimum Gasteiger partial charge on any atom is -0.382 e. The Balaban J connectivity index is 0.00000150. The first-order valence-electron chi connectivity index (χ1n) is 9.52. The number of hydrogen-bond acceptors (Lipinski definition) is 4. The van der Waals surface area contributed by atoms with Crippen molar-refractivity contribution in [2.24, 2.45) is 5.73 Å². The van der Waals surface area contributed by atoms with Crippen molar-refractivity contribution in [1.29, 1.82) is 0 Å². The normalized spacial score (nSPS) is 10.7. The van der Waals surface area contributed by atoms with Gasteiger partial charge in [0.1, 0.15) is 11.3 Å². The van der Waals surface area contributed by atoms with Crippen LogP contribution in [0.25, 0.3) is 21.9 Å². The topological polar surface area (TPSA) is 82.8 Å². The third kappa shape index (κ3) is 4.47. The van der Waals surface area contributed by atoms with E-state index in [-0.39, 0.29) is 24.8 Å². The van der Waals surface area contributed by atoms with Crippen molar-refractivity contribution in [1.82, 2.24) is 14.5 Å². The molecule has 2 aromatic carbocycles. The van der Waals surface area contributed by atoms with Crippen LogP contribution in [0.4, 0.5) is 5.82 Å². The maximum absolute atomic E-state index is 6.26. The molecule has 154 valence electrons. The van der Waals surface area contributed by atoms with Crippen molar-refractivity contribution in [2.75, 3.05) is 5.73 Å². The van der Waals surface area contributed by atoms with Gasteiger partial charge >= 0.3 is 0 Å². The Labute approximate surface area is 183 Å². The zero-order chi connectivity index (χ0) is 18.8. The molecule has 0 saturated carbocycles.